The van der Waals surface area contributed by atoms with Crippen molar-refractivity contribution < 1.29 is 18.0 Å². The largest absolute Gasteiger partial charge is 0.348 e. The van der Waals surface area contributed by atoms with Crippen molar-refractivity contribution in [3.8, 4) is 0 Å². The number of carbonyl (C=O) groups excluding carboxylic acids is 2. The van der Waals surface area contributed by atoms with Crippen LogP contribution in [0.3, 0.4) is 0 Å². The number of amides is 2. The molecule has 1 atom stereocenters. The highest BCUT2D eigenvalue weighted by atomic mass is 35.5. The first-order valence-electron chi connectivity index (χ1n) is 13.0. The molecule has 1 aromatic heterocycles. The second-order valence-electron chi connectivity index (χ2n) is 9.52. The highest BCUT2D eigenvalue weighted by molar-refractivity contribution is 7.88. The van der Waals surface area contributed by atoms with Crippen LogP contribution in [-0.4, -0.2) is 47.2 Å². The lowest BCUT2D eigenvalue weighted by atomic mass is 10.0. The zero-order valence-electron chi connectivity index (χ0n) is 22.6. The molecule has 10 heteroatoms. The molecule has 0 bridgehead atoms. The molecule has 0 spiro atoms. The van der Waals surface area contributed by atoms with Crippen molar-refractivity contribution in [2.75, 3.05) is 12.8 Å². The molecule has 0 fully saturated rings. The monoisotopic (exact) mass is 590 g/mol. The minimum atomic E-state index is -3.77. The molecule has 2 amide bonds. The Hall–Kier alpha value is -4.05. The summed E-state index contributed by atoms with van der Waals surface area (Å²) in [7, 11) is -3.77. The third-order valence-electron chi connectivity index (χ3n) is 6.41. The first kappa shape index (κ1) is 29.9. The van der Waals surface area contributed by atoms with Gasteiger partial charge < -0.3 is 10.2 Å². The van der Waals surface area contributed by atoms with E-state index in [9.17, 15) is 18.0 Å². The Morgan fingerprint density at radius 2 is 1.44 bits per heavy atom. The van der Waals surface area contributed by atoms with Gasteiger partial charge in [0.1, 0.15) is 6.04 Å². The van der Waals surface area contributed by atoms with E-state index in [1.807, 2.05) is 30.3 Å². The molecule has 0 unspecified atom stereocenters. The van der Waals surface area contributed by atoms with Gasteiger partial charge in [-0.15, -0.1) is 0 Å². The van der Waals surface area contributed by atoms with E-state index in [4.69, 9.17) is 11.6 Å². The number of nitrogens with zero attached hydrogens (tertiary/aromatic N) is 3. The van der Waals surface area contributed by atoms with Crippen molar-refractivity contribution in [1.29, 1.82) is 0 Å². The predicted molar refractivity (Wildman–Crippen MR) is 159 cm³/mol. The molecule has 212 valence electrons. The smallest absolute Gasteiger partial charge is 0.247 e. The zero-order chi connectivity index (χ0) is 29.2. The average molecular weight is 591 g/mol. The highest BCUT2D eigenvalue weighted by Gasteiger charge is 2.33. The molecule has 41 heavy (non-hydrogen) atoms. The van der Waals surface area contributed by atoms with Crippen LogP contribution < -0.4 is 5.32 Å². The molecule has 4 aromatic rings. The van der Waals surface area contributed by atoms with Gasteiger partial charge in [0.15, 0.2) is 0 Å². The Labute approximate surface area is 245 Å². The number of hydrogen-bond acceptors (Lipinski definition) is 5. The summed E-state index contributed by atoms with van der Waals surface area (Å²) in [6.07, 6.45) is 2.71. The summed E-state index contributed by atoms with van der Waals surface area (Å²) in [5, 5.41) is 3.44. The first-order chi connectivity index (χ1) is 19.7. The maximum absolute atomic E-state index is 14.1. The van der Waals surface area contributed by atoms with Crippen molar-refractivity contribution in [1.82, 2.24) is 19.5 Å². The normalized spacial score (nSPS) is 12.1. The van der Waals surface area contributed by atoms with Crippen LogP contribution in [0.2, 0.25) is 5.02 Å². The van der Waals surface area contributed by atoms with E-state index in [0.29, 0.717) is 16.3 Å². The van der Waals surface area contributed by atoms with E-state index in [1.54, 1.807) is 79.0 Å². The van der Waals surface area contributed by atoms with Crippen molar-refractivity contribution in [2.24, 2.45) is 0 Å². The quantitative estimate of drug-likeness (QED) is 0.260. The fraction of sp³-hybridized carbons (Fsp3) is 0.194. The van der Waals surface area contributed by atoms with E-state index >= 15 is 0 Å². The van der Waals surface area contributed by atoms with E-state index in [-0.39, 0.29) is 19.6 Å². The maximum atomic E-state index is 14.1. The molecule has 0 aliphatic rings. The van der Waals surface area contributed by atoms with Gasteiger partial charge in [0.25, 0.3) is 0 Å². The van der Waals surface area contributed by atoms with Crippen molar-refractivity contribution >= 4 is 33.4 Å². The van der Waals surface area contributed by atoms with Gasteiger partial charge in [0.05, 0.1) is 25.0 Å². The number of nitrogens with one attached hydrogen (secondary N) is 1. The van der Waals surface area contributed by atoms with Crippen LogP contribution in [0.1, 0.15) is 28.4 Å². The lowest BCUT2D eigenvalue weighted by Gasteiger charge is -2.33. The molecule has 3 aromatic carbocycles. The molecule has 4 rings (SSSR count). The lowest BCUT2D eigenvalue weighted by Crippen LogP contribution is -2.47. The van der Waals surface area contributed by atoms with E-state index in [2.05, 4.69) is 10.3 Å². The van der Waals surface area contributed by atoms with E-state index in [0.717, 1.165) is 21.7 Å². The van der Waals surface area contributed by atoms with E-state index in [1.165, 1.54) is 4.90 Å². The SMILES string of the molecule is CS(=O)(=O)N(CC(=O)N(Cc1ccc(Cl)cc1)[C@H](C(=O)NCc1ccccn1)c1ccccc1)Cc1ccccc1. The second-order valence-corrected chi connectivity index (χ2v) is 11.9. The second kappa shape index (κ2) is 14.0. The maximum Gasteiger partial charge on any atom is 0.247 e. The van der Waals surface area contributed by atoms with E-state index < -0.39 is 34.4 Å². The summed E-state index contributed by atoms with van der Waals surface area (Å²) in [6, 6.07) is 29.3. The fourth-order valence-electron chi connectivity index (χ4n) is 4.31. The number of rotatable bonds is 12. The van der Waals surface area contributed by atoms with Gasteiger partial charge in [-0.05, 0) is 41.0 Å². The highest BCUT2D eigenvalue weighted by Crippen LogP contribution is 2.25. The minimum absolute atomic E-state index is 0.0159. The van der Waals surface area contributed by atoms with Crippen LogP contribution in [0.5, 0.6) is 0 Å². The topological polar surface area (TPSA) is 99.7 Å². The van der Waals surface area contributed by atoms with Crippen LogP contribution >= 0.6 is 11.6 Å². The third-order valence-corrected chi connectivity index (χ3v) is 7.86. The molecule has 1 N–H and O–H groups in total. The first-order valence-corrected chi connectivity index (χ1v) is 15.2. The van der Waals surface area contributed by atoms with Gasteiger partial charge in [0, 0.05) is 24.3 Å². The van der Waals surface area contributed by atoms with Gasteiger partial charge in [0.2, 0.25) is 21.8 Å². The van der Waals surface area contributed by atoms with Gasteiger partial charge >= 0.3 is 0 Å². The van der Waals surface area contributed by atoms with Crippen molar-refractivity contribution in [3.63, 3.8) is 0 Å². The summed E-state index contributed by atoms with van der Waals surface area (Å²) < 4.78 is 26.7. The number of carbonyl (C=O) groups is 2. The standard InChI is InChI=1S/C31H31ClN4O4S/c1-41(39,40)35(21-24-10-4-2-5-11-24)23-29(37)36(22-25-15-17-27(32)18-16-25)30(26-12-6-3-7-13-26)31(38)34-20-28-14-8-9-19-33-28/h2-19,30H,20-23H2,1H3,(H,34,38)/t30-/m0/s1. The minimum Gasteiger partial charge on any atom is -0.348 e. The van der Waals surface area contributed by atoms with Crippen LogP contribution in [0.15, 0.2) is 109 Å². The lowest BCUT2D eigenvalue weighted by molar-refractivity contribution is -0.141. The fourth-order valence-corrected chi connectivity index (χ4v) is 5.17. The van der Waals surface area contributed by atoms with Crippen LogP contribution in [0, 0.1) is 0 Å². The van der Waals surface area contributed by atoms with Crippen LogP contribution in [-0.2, 0) is 39.2 Å². The summed E-state index contributed by atoms with van der Waals surface area (Å²) in [6.45, 7) is -0.217. The number of pyridine rings is 1. The Morgan fingerprint density at radius 3 is 2.05 bits per heavy atom. The molecular formula is C31H31ClN4O4S. The molecule has 0 saturated carbocycles. The third kappa shape index (κ3) is 8.72. The molecule has 0 aliphatic heterocycles. The predicted octanol–water partition coefficient (Wildman–Crippen LogP) is 4.58. The Morgan fingerprint density at radius 1 is 0.829 bits per heavy atom. The van der Waals surface area contributed by atoms with Crippen LogP contribution in [0.4, 0.5) is 0 Å². The molecule has 0 radical (unpaired) electrons. The van der Waals surface area contributed by atoms with Crippen molar-refractivity contribution in [3.05, 3.63) is 137 Å². The zero-order valence-corrected chi connectivity index (χ0v) is 24.1. The Kier molecular flexibility index (Phi) is 10.2. The molecule has 0 saturated heterocycles. The molecule has 0 aliphatic carbocycles. The number of hydrogen-bond donors (Lipinski definition) is 1. The molecule has 8 nitrogen and oxygen atoms in total. The number of halogens is 1. The van der Waals surface area contributed by atoms with Gasteiger partial charge in [-0.1, -0.05) is 90.5 Å². The Balaban J connectivity index is 1.69. The summed E-state index contributed by atoms with van der Waals surface area (Å²) in [4.78, 5) is 33.5. The summed E-state index contributed by atoms with van der Waals surface area (Å²) >= 11 is 6.09. The number of aromatic nitrogens is 1. The summed E-state index contributed by atoms with van der Waals surface area (Å²) in [5.41, 5.74) is 2.72. The van der Waals surface area contributed by atoms with Gasteiger partial charge in [-0.25, -0.2) is 8.42 Å². The van der Waals surface area contributed by atoms with Gasteiger partial charge in [-0.3, -0.25) is 14.6 Å². The molecular weight excluding hydrogens is 560 g/mol. The molecule has 1 heterocycles. The number of sulfonamides is 1. The average Bonchev–Trinajstić information content (AvgIpc) is 2.97. The number of benzene rings is 3. The van der Waals surface area contributed by atoms with Crippen molar-refractivity contribution in [2.45, 2.75) is 25.7 Å². The van der Waals surface area contributed by atoms with Crippen LogP contribution in [0.25, 0.3) is 0 Å². The Bertz CT molecular complexity index is 1540. The summed E-state index contributed by atoms with van der Waals surface area (Å²) in [5.74, 6) is -0.943. The van der Waals surface area contributed by atoms with Gasteiger partial charge in [-0.2, -0.15) is 4.31 Å².